The highest BCUT2D eigenvalue weighted by Crippen LogP contribution is 2.33. The number of hydrogen-bond donors (Lipinski definition) is 0. The number of rotatable bonds is 1. The lowest BCUT2D eigenvalue weighted by Gasteiger charge is -2.32. The molecule has 1 aliphatic heterocycles. The van der Waals surface area contributed by atoms with Gasteiger partial charge in [-0.1, -0.05) is 30.3 Å². The van der Waals surface area contributed by atoms with Crippen LogP contribution in [0.25, 0.3) is 0 Å². The average molecular weight is 178 g/mol. The molecule has 0 N–H and O–H groups in total. The van der Waals surface area contributed by atoms with E-state index in [-0.39, 0.29) is 5.60 Å². The fourth-order valence-electron chi connectivity index (χ4n) is 1.66. The van der Waals surface area contributed by atoms with E-state index in [0.29, 0.717) is 6.61 Å². The van der Waals surface area contributed by atoms with Crippen molar-refractivity contribution in [2.45, 2.75) is 25.4 Å². The van der Waals surface area contributed by atoms with E-state index in [1.54, 1.807) is 0 Å². The summed E-state index contributed by atoms with van der Waals surface area (Å²) in [5.41, 5.74) is 0.939. The summed E-state index contributed by atoms with van der Waals surface area (Å²) < 4.78 is 0. The van der Waals surface area contributed by atoms with Crippen molar-refractivity contribution in [1.82, 2.24) is 0 Å². The van der Waals surface area contributed by atoms with Gasteiger partial charge in [-0.2, -0.15) is 0 Å². The van der Waals surface area contributed by atoms with Crippen molar-refractivity contribution in [3.8, 4) is 0 Å². The van der Waals surface area contributed by atoms with Crippen LogP contribution in [0, 0.1) is 0 Å². The molecule has 0 saturated carbocycles. The molecule has 1 heterocycles. The zero-order chi connectivity index (χ0) is 9.15. The van der Waals surface area contributed by atoms with E-state index in [9.17, 15) is 0 Å². The lowest BCUT2D eigenvalue weighted by atomic mass is 9.91. The first-order valence-electron chi connectivity index (χ1n) is 4.67. The van der Waals surface area contributed by atoms with Crippen LogP contribution in [0.2, 0.25) is 0 Å². The van der Waals surface area contributed by atoms with Gasteiger partial charge >= 0.3 is 0 Å². The van der Waals surface area contributed by atoms with Crippen molar-refractivity contribution in [3.63, 3.8) is 0 Å². The summed E-state index contributed by atoms with van der Waals surface area (Å²) in [6, 6.07) is 10.2. The Balaban J connectivity index is 2.23. The Morgan fingerprint density at radius 3 is 2.62 bits per heavy atom. The van der Waals surface area contributed by atoms with Gasteiger partial charge in [0.1, 0.15) is 5.60 Å². The molecule has 0 radical (unpaired) electrons. The second-order valence-electron chi connectivity index (χ2n) is 3.61. The van der Waals surface area contributed by atoms with E-state index in [0.717, 1.165) is 12.8 Å². The summed E-state index contributed by atoms with van der Waals surface area (Å²) in [5.74, 6) is 0. The van der Waals surface area contributed by atoms with Crippen molar-refractivity contribution >= 4 is 0 Å². The second-order valence-corrected chi connectivity index (χ2v) is 3.61. The molecule has 13 heavy (non-hydrogen) atoms. The van der Waals surface area contributed by atoms with Gasteiger partial charge in [-0.3, -0.25) is 0 Å². The monoisotopic (exact) mass is 178 g/mol. The summed E-state index contributed by atoms with van der Waals surface area (Å²) in [4.78, 5) is 10.4. The first-order valence-corrected chi connectivity index (χ1v) is 4.67. The maximum atomic E-state index is 5.35. The van der Waals surface area contributed by atoms with Gasteiger partial charge in [0, 0.05) is 0 Å². The molecule has 0 aliphatic carbocycles. The van der Waals surface area contributed by atoms with Crippen molar-refractivity contribution in [2.75, 3.05) is 6.61 Å². The zero-order valence-electron chi connectivity index (χ0n) is 7.82. The highest BCUT2D eigenvalue weighted by Gasteiger charge is 2.31. The number of hydrogen-bond acceptors (Lipinski definition) is 2. The van der Waals surface area contributed by atoms with Gasteiger partial charge in [0.05, 0.1) is 6.61 Å². The Hall–Kier alpha value is -0.860. The molecule has 1 unspecified atom stereocenters. The predicted octanol–water partition coefficient (Wildman–Crippen LogP) is 2.64. The minimum Gasteiger partial charge on any atom is -0.236 e. The largest absolute Gasteiger partial charge is 0.236 e. The van der Waals surface area contributed by atoms with E-state index in [1.807, 2.05) is 18.2 Å². The van der Waals surface area contributed by atoms with Crippen molar-refractivity contribution in [1.29, 1.82) is 0 Å². The first-order chi connectivity index (χ1) is 6.31. The van der Waals surface area contributed by atoms with E-state index < -0.39 is 0 Å². The maximum absolute atomic E-state index is 5.35. The Kier molecular flexibility index (Phi) is 2.34. The maximum Gasteiger partial charge on any atom is 0.126 e. The fourth-order valence-corrected chi connectivity index (χ4v) is 1.66. The smallest absolute Gasteiger partial charge is 0.126 e. The quantitative estimate of drug-likeness (QED) is 0.615. The molecule has 2 rings (SSSR count). The molecule has 0 aromatic heterocycles. The highest BCUT2D eigenvalue weighted by atomic mass is 17.2. The fraction of sp³-hybridized carbons (Fsp3) is 0.455. The molecule has 2 nitrogen and oxygen atoms in total. The third-order valence-corrected chi connectivity index (χ3v) is 2.51. The molecule has 0 spiro atoms. The van der Waals surface area contributed by atoms with Gasteiger partial charge in [0.2, 0.25) is 0 Å². The van der Waals surface area contributed by atoms with Crippen molar-refractivity contribution in [3.05, 3.63) is 35.9 Å². The van der Waals surface area contributed by atoms with Crippen molar-refractivity contribution < 1.29 is 9.78 Å². The van der Waals surface area contributed by atoms with Gasteiger partial charge < -0.3 is 0 Å². The lowest BCUT2D eigenvalue weighted by Crippen LogP contribution is -2.30. The molecule has 70 valence electrons. The van der Waals surface area contributed by atoms with E-state index in [1.165, 1.54) is 5.56 Å². The van der Waals surface area contributed by atoms with E-state index in [4.69, 9.17) is 9.78 Å². The molecular weight excluding hydrogens is 164 g/mol. The van der Waals surface area contributed by atoms with Gasteiger partial charge in [0.25, 0.3) is 0 Å². The molecular formula is C11H14O2. The van der Waals surface area contributed by atoms with Gasteiger partial charge in [-0.05, 0) is 25.3 Å². The van der Waals surface area contributed by atoms with Crippen LogP contribution in [-0.4, -0.2) is 6.61 Å². The average Bonchev–Trinajstić information content (AvgIpc) is 2.20. The molecule has 1 aromatic rings. The summed E-state index contributed by atoms with van der Waals surface area (Å²) in [5, 5.41) is 0. The topological polar surface area (TPSA) is 18.5 Å². The van der Waals surface area contributed by atoms with Crippen LogP contribution in [0.3, 0.4) is 0 Å². The predicted molar refractivity (Wildman–Crippen MR) is 50.1 cm³/mol. The van der Waals surface area contributed by atoms with E-state index in [2.05, 4.69) is 19.1 Å². The third kappa shape index (κ3) is 1.74. The van der Waals surface area contributed by atoms with Crippen LogP contribution in [0.15, 0.2) is 30.3 Å². The van der Waals surface area contributed by atoms with E-state index >= 15 is 0 Å². The molecule has 1 aromatic carbocycles. The number of benzene rings is 1. The zero-order valence-corrected chi connectivity index (χ0v) is 7.82. The molecule has 1 aliphatic rings. The second kappa shape index (κ2) is 3.48. The first kappa shape index (κ1) is 8.73. The summed E-state index contributed by atoms with van der Waals surface area (Å²) in [6.07, 6.45) is 2.09. The minimum atomic E-state index is -0.250. The van der Waals surface area contributed by atoms with Crippen LogP contribution in [0.1, 0.15) is 25.3 Å². The summed E-state index contributed by atoms with van der Waals surface area (Å²) in [7, 11) is 0. The van der Waals surface area contributed by atoms with Crippen LogP contribution in [0.5, 0.6) is 0 Å². The van der Waals surface area contributed by atoms with Crippen LogP contribution in [-0.2, 0) is 15.4 Å². The third-order valence-electron chi connectivity index (χ3n) is 2.51. The SMILES string of the molecule is CC1(c2ccccc2)CCCOO1. The van der Waals surface area contributed by atoms with Crippen LogP contribution >= 0.6 is 0 Å². The molecule has 1 saturated heterocycles. The standard InChI is InChI=1S/C11H14O2/c1-11(8-5-9-12-13-11)10-6-3-2-4-7-10/h2-4,6-7H,5,8-9H2,1H3. The Labute approximate surface area is 78.4 Å². The van der Waals surface area contributed by atoms with Gasteiger partial charge in [-0.15, -0.1) is 0 Å². The lowest BCUT2D eigenvalue weighted by molar-refractivity contribution is -0.384. The van der Waals surface area contributed by atoms with Crippen LogP contribution in [0.4, 0.5) is 0 Å². The van der Waals surface area contributed by atoms with Crippen LogP contribution < -0.4 is 0 Å². The molecule has 2 heteroatoms. The molecule has 0 amide bonds. The Morgan fingerprint density at radius 1 is 1.23 bits per heavy atom. The summed E-state index contributed by atoms with van der Waals surface area (Å²) in [6.45, 7) is 2.78. The minimum absolute atomic E-state index is 0.250. The summed E-state index contributed by atoms with van der Waals surface area (Å²) >= 11 is 0. The Bertz CT molecular complexity index is 263. The molecule has 1 fully saturated rings. The highest BCUT2D eigenvalue weighted by molar-refractivity contribution is 5.21. The Morgan fingerprint density at radius 2 is 2.00 bits per heavy atom. The van der Waals surface area contributed by atoms with Gasteiger partial charge in [-0.25, -0.2) is 9.78 Å². The molecule has 0 bridgehead atoms. The molecule has 1 atom stereocenters. The van der Waals surface area contributed by atoms with Gasteiger partial charge in [0.15, 0.2) is 0 Å². The normalized spacial score (nSPS) is 28.7. The van der Waals surface area contributed by atoms with Crippen molar-refractivity contribution in [2.24, 2.45) is 0 Å².